The van der Waals surface area contributed by atoms with Crippen LogP contribution >= 0.6 is 23.8 Å². The zero-order valence-electron chi connectivity index (χ0n) is 16.6. The molecule has 10 heteroatoms. The van der Waals surface area contributed by atoms with E-state index in [9.17, 15) is 17.6 Å². The minimum atomic E-state index is -4.52. The molecule has 1 aliphatic heterocycles. The number of nitrogens with one attached hydrogen (secondary N) is 1. The van der Waals surface area contributed by atoms with Gasteiger partial charge in [-0.25, -0.2) is 4.39 Å². The summed E-state index contributed by atoms with van der Waals surface area (Å²) in [6.07, 6.45) is -4.52. The van der Waals surface area contributed by atoms with Crippen molar-refractivity contribution in [3.63, 3.8) is 0 Å². The summed E-state index contributed by atoms with van der Waals surface area (Å²) in [6, 6.07) is 9.52. The Morgan fingerprint density at radius 1 is 1.13 bits per heavy atom. The van der Waals surface area contributed by atoms with Gasteiger partial charge >= 0.3 is 6.18 Å². The van der Waals surface area contributed by atoms with Crippen LogP contribution in [0.25, 0.3) is 0 Å². The van der Waals surface area contributed by atoms with Crippen LogP contribution in [-0.2, 0) is 17.5 Å². The summed E-state index contributed by atoms with van der Waals surface area (Å²) in [5.74, 6) is -0.330. The van der Waals surface area contributed by atoms with Gasteiger partial charge in [0.25, 0.3) is 0 Å². The maximum atomic E-state index is 13.3. The second kappa shape index (κ2) is 10.6. The average molecular weight is 476 g/mol. The number of ether oxygens (including phenoxy) is 1. The molecule has 0 saturated carbocycles. The first-order chi connectivity index (χ1) is 14.7. The van der Waals surface area contributed by atoms with Crippen molar-refractivity contribution in [2.45, 2.75) is 12.7 Å². The third-order valence-electron chi connectivity index (χ3n) is 4.89. The molecule has 0 unspecified atom stereocenters. The number of anilines is 1. The maximum absolute atomic E-state index is 13.3. The van der Waals surface area contributed by atoms with Gasteiger partial charge in [-0.05, 0) is 48.1 Å². The number of hydrogen-bond acceptors (Lipinski definition) is 3. The van der Waals surface area contributed by atoms with Gasteiger partial charge in [-0.15, -0.1) is 0 Å². The molecule has 31 heavy (non-hydrogen) atoms. The van der Waals surface area contributed by atoms with E-state index in [2.05, 4.69) is 10.2 Å². The van der Waals surface area contributed by atoms with Crippen molar-refractivity contribution in [3.05, 3.63) is 64.4 Å². The van der Waals surface area contributed by atoms with Gasteiger partial charge in [-0.2, -0.15) is 13.2 Å². The highest BCUT2D eigenvalue weighted by Crippen LogP contribution is 2.35. The lowest BCUT2D eigenvalue weighted by Crippen LogP contribution is -2.44. The fourth-order valence-electron chi connectivity index (χ4n) is 3.17. The zero-order valence-corrected chi connectivity index (χ0v) is 18.2. The number of morpholine rings is 1. The highest BCUT2D eigenvalue weighted by atomic mass is 35.5. The summed E-state index contributed by atoms with van der Waals surface area (Å²) >= 11 is 11.3. The van der Waals surface area contributed by atoms with Crippen molar-refractivity contribution >= 4 is 34.6 Å². The Bertz CT molecular complexity index is 889. The molecule has 0 atom stereocenters. The molecule has 0 radical (unpaired) electrons. The Labute approximate surface area is 188 Å². The maximum Gasteiger partial charge on any atom is 0.417 e. The molecule has 168 valence electrons. The van der Waals surface area contributed by atoms with Crippen LogP contribution in [0.4, 0.5) is 23.2 Å². The molecular formula is C21H22ClF4N3OS. The van der Waals surface area contributed by atoms with Crippen LogP contribution in [0.2, 0.25) is 5.02 Å². The van der Waals surface area contributed by atoms with E-state index >= 15 is 0 Å². The van der Waals surface area contributed by atoms with Crippen LogP contribution in [-0.4, -0.2) is 54.3 Å². The monoisotopic (exact) mass is 475 g/mol. The van der Waals surface area contributed by atoms with E-state index < -0.39 is 16.8 Å². The van der Waals surface area contributed by atoms with Gasteiger partial charge in [0.1, 0.15) is 5.82 Å². The van der Waals surface area contributed by atoms with Crippen molar-refractivity contribution in [3.8, 4) is 0 Å². The average Bonchev–Trinajstić information content (AvgIpc) is 2.72. The molecule has 0 amide bonds. The fraction of sp³-hybridized carbons (Fsp3) is 0.381. The second-order valence-electron chi connectivity index (χ2n) is 7.12. The van der Waals surface area contributed by atoms with E-state index in [4.69, 9.17) is 28.6 Å². The SMILES string of the molecule is Fc1ccc(CN(CCN2CCOCC2)C(=S)Nc2ccc(C(F)(F)F)c(Cl)c2)cc1. The molecular weight excluding hydrogens is 454 g/mol. The lowest BCUT2D eigenvalue weighted by atomic mass is 10.2. The Balaban J connectivity index is 1.71. The second-order valence-corrected chi connectivity index (χ2v) is 7.92. The summed E-state index contributed by atoms with van der Waals surface area (Å²) in [7, 11) is 0. The van der Waals surface area contributed by atoms with E-state index in [1.165, 1.54) is 24.3 Å². The summed E-state index contributed by atoms with van der Waals surface area (Å²) in [5.41, 5.74) is 0.317. The molecule has 0 bridgehead atoms. The van der Waals surface area contributed by atoms with E-state index in [0.29, 0.717) is 37.1 Å². The molecule has 2 aromatic rings. The Kier molecular flexibility index (Phi) is 8.10. The molecule has 1 saturated heterocycles. The Morgan fingerprint density at radius 2 is 1.81 bits per heavy atom. The number of hydrogen-bond donors (Lipinski definition) is 1. The minimum absolute atomic E-state index is 0.330. The number of benzene rings is 2. The van der Waals surface area contributed by atoms with E-state index in [0.717, 1.165) is 31.3 Å². The molecule has 1 fully saturated rings. The van der Waals surface area contributed by atoms with Gasteiger partial charge in [0.05, 0.1) is 23.8 Å². The predicted octanol–water partition coefficient (Wildman–Crippen LogP) is 5.03. The highest BCUT2D eigenvalue weighted by Gasteiger charge is 2.33. The van der Waals surface area contributed by atoms with Crippen LogP contribution < -0.4 is 5.32 Å². The van der Waals surface area contributed by atoms with Gasteiger partial charge in [0.2, 0.25) is 0 Å². The van der Waals surface area contributed by atoms with Crippen molar-refractivity contribution in [1.29, 1.82) is 0 Å². The zero-order chi connectivity index (χ0) is 22.4. The smallest absolute Gasteiger partial charge is 0.379 e. The molecule has 2 aromatic carbocycles. The minimum Gasteiger partial charge on any atom is -0.379 e. The molecule has 3 rings (SSSR count). The molecule has 1 heterocycles. The van der Waals surface area contributed by atoms with Gasteiger partial charge in [0.15, 0.2) is 5.11 Å². The summed E-state index contributed by atoms with van der Waals surface area (Å²) in [5, 5.41) is 2.91. The first kappa shape index (κ1) is 23.7. The topological polar surface area (TPSA) is 27.7 Å². The molecule has 0 aliphatic carbocycles. The highest BCUT2D eigenvalue weighted by molar-refractivity contribution is 7.80. The molecule has 1 N–H and O–H groups in total. The number of rotatable bonds is 6. The summed E-state index contributed by atoms with van der Waals surface area (Å²) < 4.78 is 57.4. The molecule has 4 nitrogen and oxygen atoms in total. The first-order valence-electron chi connectivity index (χ1n) is 9.69. The van der Waals surface area contributed by atoms with Crippen LogP contribution in [0.15, 0.2) is 42.5 Å². The Morgan fingerprint density at radius 3 is 2.42 bits per heavy atom. The normalized spacial score (nSPS) is 15.0. The summed E-state index contributed by atoms with van der Waals surface area (Å²) in [6.45, 7) is 4.72. The van der Waals surface area contributed by atoms with Gasteiger partial charge in [0, 0.05) is 38.4 Å². The molecule has 0 spiro atoms. The lowest BCUT2D eigenvalue weighted by molar-refractivity contribution is -0.137. The third-order valence-corrected chi connectivity index (χ3v) is 5.56. The van der Waals surface area contributed by atoms with Gasteiger partial charge < -0.3 is 15.0 Å². The fourth-order valence-corrected chi connectivity index (χ4v) is 3.74. The van der Waals surface area contributed by atoms with Crippen molar-refractivity contribution < 1.29 is 22.3 Å². The van der Waals surface area contributed by atoms with Crippen LogP contribution in [0.5, 0.6) is 0 Å². The summed E-state index contributed by atoms with van der Waals surface area (Å²) in [4.78, 5) is 4.14. The van der Waals surface area contributed by atoms with Crippen LogP contribution in [0.1, 0.15) is 11.1 Å². The van der Waals surface area contributed by atoms with Crippen molar-refractivity contribution in [1.82, 2.24) is 9.80 Å². The molecule has 1 aliphatic rings. The Hall–Kier alpha value is -1.94. The first-order valence-corrected chi connectivity index (χ1v) is 10.5. The van der Waals surface area contributed by atoms with Crippen LogP contribution in [0, 0.1) is 5.82 Å². The van der Waals surface area contributed by atoms with Gasteiger partial charge in [-0.1, -0.05) is 23.7 Å². The van der Waals surface area contributed by atoms with E-state index in [-0.39, 0.29) is 5.82 Å². The number of alkyl halides is 3. The largest absolute Gasteiger partial charge is 0.417 e. The van der Waals surface area contributed by atoms with Crippen LogP contribution in [0.3, 0.4) is 0 Å². The lowest BCUT2D eigenvalue weighted by Gasteiger charge is -2.31. The quantitative estimate of drug-likeness (QED) is 0.467. The number of thiocarbonyl (C=S) groups is 1. The van der Waals surface area contributed by atoms with Crippen molar-refractivity contribution in [2.24, 2.45) is 0 Å². The van der Waals surface area contributed by atoms with Gasteiger partial charge in [-0.3, -0.25) is 4.90 Å². The van der Waals surface area contributed by atoms with E-state index in [1.807, 2.05) is 4.90 Å². The van der Waals surface area contributed by atoms with Crippen molar-refractivity contribution in [2.75, 3.05) is 44.7 Å². The predicted molar refractivity (Wildman–Crippen MR) is 117 cm³/mol. The standard InChI is InChI=1S/C21H22ClF4N3OS/c22-19-13-17(5-6-18(19)21(24,25)26)27-20(31)29(8-7-28-9-11-30-12-10-28)14-15-1-3-16(23)4-2-15/h1-6,13H,7-12,14H2,(H,27,31). The number of nitrogens with zero attached hydrogens (tertiary/aromatic N) is 2. The molecule has 0 aromatic heterocycles. The third kappa shape index (κ3) is 7.03. The number of halogens is 5. The van der Waals surface area contributed by atoms with E-state index in [1.54, 1.807) is 12.1 Å².